The Morgan fingerprint density at radius 3 is 2.58 bits per heavy atom. The van der Waals surface area contributed by atoms with Crippen molar-refractivity contribution >= 4 is 32.7 Å². The fraction of sp³-hybridized carbons (Fsp3) is 0.238. The van der Waals surface area contributed by atoms with Gasteiger partial charge in [-0.3, -0.25) is 9.59 Å². The minimum atomic E-state index is -0.206. The van der Waals surface area contributed by atoms with Gasteiger partial charge in [0.25, 0.3) is 11.5 Å². The molecule has 1 aromatic heterocycles. The predicted octanol–water partition coefficient (Wildman–Crippen LogP) is 4.05. The number of fused-ring (bicyclic) bond motifs is 1. The quantitative estimate of drug-likeness (QED) is 0.686. The molecule has 0 aliphatic heterocycles. The Bertz CT molecular complexity index is 993. The molecular weight excluding hydrogens is 392 g/mol. The Morgan fingerprint density at radius 1 is 1.15 bits per heavy atom. The molecule has 0 saturated carbocycles. The van der Waals surface area contributed by atoms with E-state index < -0.39 is 0 Å². The van der Waals surface area contributed by atoms with Crippen LogP contribution < -0.4 is 10.9 Å². The summed E-state index contributed by atoms with van der Waals surface area (Å²) in [6.07, 6.45) is 1.71. The van der Waals surface area contributed by atoms with Crippen LogP contribution in [0.15, 0.2) is 63.9 Å². The van der Waals surface area contributed by atoms with Gasteiger partial charge in [-0.1, -0.05) is 46.3 Å². The fourth-order valence-corrected chi connectivity index (χ4v) is 3.27. The Labute approximate surface area is 161 Å². The van der Waals surface area contributed by atoms with E-state index in [4.69, 9.17) is 0 Å². The van der Waals surface area contributed by atoms with Gasteiger partial charge in [-0.15, -0.1) is 0 Å². The zero-order valence-corrected chi connectivity index (χ0v) is 16.4. The van der Waals surface area contributed by atoms with Crippen molar-refractivity contribution in [2.75, 3.05) is 0 Å². The number of nitrogens with one attached hydrogen (secondary N) is 1. The SMILES string of the molecule is CC(CCc1ccc(Br)cc1)NC(=O)c1cc(=O)n(C)c2ccccc12. The molecule has 5 heteroatoms. The smallest absolute Gasteiger partial charge is 0.252 e. The van der Waals surface area contributed by atoms with Gasteiger partial charge in [0.05, 0.1) is 11.1 Å². The number of nitrogens with zero attached hydrogens (tertiary/aromatic N) is 1. The molecule has 134 valence electrons. The second-order valence-corrected chi connectivity index (χ2v) is 7.43. The highest BCUT2D eigenvalue weighted by Crippen LogP contribution is 2.17. The first kappa shape index (κ1) is 18.4. The van der Waals surface area contributed by atoms with Gasteiger partial charge >= 0.3 is 0 Å². The van der Waals surface area contributed by atoms with Crippen molar-refractivity contribution in [1.29, 1.82) is 0 Å². The van der Waals surface area contributed by atoms with E-state index in [2.05, 4.69) is 33.4 Å². The van der Waals surface area contributed by atoms with E-state index in [1.807, 2.05) is 43.3 Å². The number of aryl methyl sites for hydroxylation is 2. The molecule has 2 aromatic carbocycles. The molecule has 0 spiro atoms. The zero-order valence-electron chi connectivity index (χ0n) is 14.8. The van der Waals surface area contributed by atoms with Crippen molar-refractivity contribution in [3.05, 3.63) is 80.6 Å². The molecule has 3 aromatic rings. The van der Waals surface area contributed by atoms with Gasteiger partial charge < -0.3 is 9.88 Å². The minimum absolute atomic E-state index is 0.00830. The molecule has 0 aliphatic carbocycles. The van der Waals surface area contributed by atoms with Crippen molar-refractivity contribution < 1.29 is 4.79 Å². The Hall–Kier alpha value is -2.40. The molecule has 1 heterocycles. The number of amides is 1. The number of para-hydroxylation sites is 1. The van der Waals surface area contributed by atoms with Crippen LogP contribution in [-0.2, 0) is 13.5 Å². The summed E-state index contributed by atoms with van der Waals surface area (Å²) in [5, 5.41) is 3.80. The Balaban J connectivity index is 1.73. The summed E-state index contributed by atoms with van der Waals surface area (Å²) in [7, 11) is 1.72. The molecule has 0 fully saturated rings. The van der Waals surface area contributed by atoms with Gasteiger partial charge in [-0.2, -0.15) is 0 Å². The van der Waals surface area contributed by atoms with E-state index in [1.54, 1.807) is 11.6 Å². The van der Waals surface area contributed by atoms with Gasteiger partial charge in [-0.05, 0) is 43.5 Å². The van der Waals surface area contributed by atoms with Gasteiger partial charge in [0.1, 0.15) is 0 Å². The average Bonchev–Trinajstić information content (AvgIpc) is 2.64. The molecule has 1 unspecified atom stereocenters. The number of halogens is 1. The summed E-state index contributed by atoms with van der Waals surface area (Å²) >= 11 is 3.43. The number of hydrogen-bond donors (Lipinski definition) is 1. The second kappa shape index (κ2) is 7.87. The summed E-state index contributed by atoms with van der Waals surface area (Å²) in [6.45, 7) is 1.99. The van der Waals surface area contributed by atoms with E-state index in [1.165, 1.54) is 11.6 Å². The lowest BCUT2D eigenvalue weighted by atomic mass is 10.0. The zero-order chi connectivity index (χ0) is 18.7. The van der Waals surface area contributed by atoms with Crippen LogP contribution >= 0.6 is 15.9 Å². The molecule has 0 saturated heterocycles. The average molecular weight is 413 g/mol. The van der Waals surface area contributed by atoms with Crippen LogP contribution in [0.4, 0.5) is 0 Å². The van der Waals surface area contributed by atoms with Crippen LogP contribution in [0, 0.1) is 0 Å². The number of carbonyl (C=O) groups excluding carboxylic acids is 1. The number of rotatable bonds is 5. The first-order valence-corrected chi connectivity index (χ1v) is 9.39. The van der Waals surface area contributed by atoms with Crippen molar-refractivity contribution in [2.24, 2.45) is 7.05 Å². The van der Waals surface area contributed by atoms with Crippen molar-refractivity contribution in [2.45, 2.75) is 25.8 Å². The van der Waals surface area contributed by atoms with Crippen LogP contribution in [0.25, 0.3) is 10.9 Å². The van der Waals surface area contributed by atoms with Crippen molar-refractivity contribution in [1.82, 2.24) is 9.88 Å². The van der Waals surface area contributed by atoms with Crippen LogP contribution in [0.2, 0.25) is 0 Å². The van der Waals surface area contributed by atoms with Gasteiger partial charge in [0.2, 0.25) is 0 Å². The topological polar surface area (TPSA) is 51.1 Å². The molecule has 1 N–H and O–H groups in total. The number of benzene rings is 2. The monoisotopic (exact) mass is 412 g/mol. The van der Waals surface area contributed by atoms with E-state index in [0.717, 1.165) is 28.2 Å². The van der Waals surface area contributed by atoms with Crippen LogP contribution in [0.3, 0.4) is 0 Å². The van der Waals surface area contributed by atoms with Crippen LogP contribution in [0.5, 0.6) is 0 Å². The molecule has 0 bridgehead atoms. The van der Waals surface area contributed by atoms with Crippen molar-refractivity contribution in [3.8, 4) is 0 Å². The molecular formula is C21H21BrN2O2. The highest BCUT2D eigenvalue weighted by Gasteiger charge is 2.15. The summed E-state index contributed by atoms with van der Waals surface area (Å²) in [6, 6.07) is 17.1. The largest absolute Gasteiger partial charge is 0.350 e. The standard InChI is InChI=1S/C21H21BrN2O2/c1-14(7-8-15-9-11-16(22)12-10-15)23-21(26)18-13-20(25)24(2)19-6-4-3-5-17(18)19/h3-6,9-14H,7-8H2,1-2H3,(H,23,26). The van der Waals surface area contributed by atoms with Crippen LogP contribution in [-0.4, -0.2) is 16.5 Å². The third-order valence-electron chi connectivity index (χ3n) is 4.56. The maximum Gasteiger partial charge on any atom is 0.252 e. The normalized spacial score (nSPS) is 12.1. The highest BCUT2D eigenvalue weighted by molar-refractivity contribution is 9.10. The molecule has 3 rings (SSSR count). The number of pyridine rings is 1. The Kier molecular flexibility index (Phi) is 5.57. The molecule has 0 radical (unpaired) electrons. The lowest BCUT2D eigenvalue weighted by Crippen LogP contribution is -2.34. The molecule has 26 heavy (non-hydrogen) atoms. The third-order valence-corrected chi connectivity index (χ3v) is 5.08. The van der Waals surface area contributed by atoms with Crippen LogP contribution in [0.1, 0.15) is 29.3 Å². The van der Waals surface area contributed by atoms with Gasteiger partial charge in [0.15, 0.2) is 0 Å². The molecule has 1 atom stereocenters. The summed E-state index contributed by atoms with van der Waals surface area (Å²) in [5.74, 6) is -0.206. The number of carbonyl (C=O) groups is 1. The van der Waals surface area contributed by atoms with Crippen molar-refractivity contribution in [3.63, 3.8) is 0 Å². The van der Waals surface area contributed by atoms with E-state index in [0.29, 0.717) is 5.56 Å². The number of aromatic nitrogens is 1. The maximum absolute atomic E-state index is 12.7. The fourth-order valence-electron chi connectivity index (χ4n) is 3.01. The Morgan fingerprint density at radius 2 is 1.85 bits per heavy atom. The maximum atomic E-state index is 12.7. The van der Waals surface area contributed by atoms with E-state index in [-0.39, 0.29) is 17.5 Å². The molecule has 0 aliphatic rings. The first-order chi connectivity index (χ1) is 12.5. The highest BCUT2D eigenvalue weighted by atomic mass is 79.9. The van der Waals surface area contributed by atoms with Gasteiger partial charge in [0, 0.05) is 29.0 Å². The predicted molar refractivity (Wildman–Crippen MR) is 109 cm³/mol. The minimum Gasteiger partial charge on any atom is -0.350 e. The van der Waals surface area contributed by atoms with E-state index in [9.17, 15) is 9.59 Å². The summed E-state index contributed by atoms with van der Waals surface area (Å²) in [4.78, 5) is 24.9. The lowest BCUT2D eigenvalue weighted by molar-refractivity contribution is 0.0940. The summed E-state index contributed by atoms with van der Waals surface area (Å²) < 4.78 is 2.61. The summed E-state index contributed by atoms with van der Waals surface area (Å²) in [5.41, 5.74) is 2.23. The van der Waals surface area contributed by atoms with Gasteiger partial charge in [-0.25, -0.2) is 0 Å². The lowest BCUT2D eigenvalue weighted by Gasteiger charge is -2.15. The molecule has 4 nitrogen and oxygen atoms in total. The molecule has 1 amide bonds. The van der Waals surface area contributed by atoms with E-state index >= 15 is 0 Å². The third kappa shape index (κ3) is 4.05. The number of hydrogen-bond acceptors (Lipinski definition) is 2. The first-order valence-electron chi connectivity index (χ1n) is 8.60. The second-order valence-electron chi connectivity index (χ2n) is 6.51.